The van der Waals surface area contributed by atoms with Gasteiger partial charge in [-0.05, 0) is 31.9 Å². The third kappa shape index (κ3) is 3.05. The fourth-order valence-corrected chi connectivity index (χ4v) is 1.51. The number of carbonyl (C=O) groups excluding carboxylic acids is 1. The molecule has 16 heavy (non-hydrogen) atoms. The maximum atomic E-state index is 11.7. The van der Waals surface area contributed by atoms with Gasteiger partial charge < -0.3 is 5.32 Å². The number of anilines is 1. The van der Waals surface area contributed by atoms with Crippen LogP contribution >= 0.6 is 0 Å². The minimum absolute atomic E-state index is 0.211. The average molecular weight is 222 g/mol. The normalized spacial score (nSPS) is 12.2. The minimum Gasteiger partial charge on any atom is -0.324 e. The second-order valence-corrected chi connectivity index (χ2v) is 3.84. The van der Waals surface area contributed by atoms with Gasteiger partial charge in [0.25, 0.3) is 5.91 Å². The van der Waals surface area contributed by atoms with Gasteiger partial charge >= 0.3 is 0 Å². The molecule has 1 unspecified atom stereocenters. The summed E-state index contributed by atoms with van der Waals surface area (Å²) in [5.74, 6) is 4.83. The average Bonchev–Trinajstić information content (AvgIpc) is 2.24. The molecular weight excluding hydrogens is 204 g/mol. The van der Waals surface area contributed by atoms with Crippen molar-refractivity contribution < 1.29 is 9.63 Å². The van der Waals surface area contributed by atoms with Gasteiger partial charge in [-0.1, -0.05) is 24.6 Å². The zero-order valence-corrected chi connectivity index (χ0v) is 9.91. The molecule has 0 aliphatic heterocycles. The standard InChI is InChI=1S/C12H18N2O2/c1-4-11(16-13)12(15)14-10-6-5-8(2)7-9(10)3/h5-7,11H,4,13H2,1-3H3,(H,14,15). The van der Waals surface area contributed by atoms with Crippen molar-refractivity contribution in [3.8, 4) is 0 Å². The highest BCUT2D eigenvalue weighted by molar-refractivity contribution is 5.94. The van der Waals surface area contributed by atoms with E-state index in [9.17, 15) is 4.79 Å². The molecule has 0 heterocycles. The van der Waals surface area contributed by atoms with Gasteiger partial charge in [-0.25, -0.2) is 5.90 Å². The highest BCUT2D eigenvalue weighted by Crippen LogP contribution is 2.16. The first-order valence-corrected chi connectivity index (χ1v) is 5.32. The van der Waals surface area contributed by atoms with Gasteiger partial charge in [0.05, 0.1) is 0 Å². The van der Waals surface area contributed by atoms with E-state index in [1.54, 1.807) is 0 Å². The highest BCUT2D eigenvalue weighted by Gasteiger charge is 2.16. The van der Waals surface area contributed by atoms with Crippen LogP contribution in [0.4, 0.5) is 5.69 Å². The molecule has 3 N–H and O–H groups in total. The number of nitrogens with one attached hydrogen (secondary N) is 1. The van der Waals surface area contributed by atoms with E-state index in [0.717, 1.165) is 16.8 Å². The summed E-state index contributed by atoms with van der Waals surface area (Å²) < 4.78 is 0. The first-order valence-electron chi connectivity index (χ1n) is 5.32. The third-order valence-corrected chi connectivity index (χ3v) is 2.47. The predicted molar refractivity (Wildman–Crippen MR) is 63.9 cm³/mol. The molecule has 1 atom stereocenters. The number of nitrogens with two attached hydrogens (primary N) is 1. The maximum Gasteiger partial charge on any atom is 0.255 e. The quantitative estimate of drug-likeness (QED) is 0.765. The molecule has 0 aliphatic rings. The maximum absolute atomic E-state index is 11.7. The van der Waals surface area contributed by atoms with Crippen LogP contribution in [0.5, 0.6) is 0 Å². The predicted octanol–water partition coefficient (Wildman–Crippen LogP) is 1.91. The minimum atomic E-state index is -0.597. The summed E-state index contributed by atoms with van der Waals surface area (Å²) in [7, 11) is 0. The van der Waals surface area contributed by atoms with Crippen molar-refractivity contribution in [2.75, 3.05) is 5.32 Å². The Balaban J connectivity index is 2.76. The van der Waals surface area contributed by atoms with E-state index in [1.165, 1.54) is 0 Å². The van der Waals surface area contributed by atoms with Crippen molar-refractivity contribution in [1.29, 1.82) is 0 Å². The van der Waals surface area contributed by atoms with E-state index in [4.69, 9.17) is 5.90 Å². The van der Waals surface area contributed by atoms with Crippen molar-refractivity contribution in [3.63, 3.8) is 0 Å². The molecule has 0 spiro atoms. The Morgan fingerprint density at radius 1 is 1.50 bits per heavy atom. The lowest BCUT2D eigenvalue weighted by atomic mass is 10.1. The molecule has 0 aliphatic carbocycles. The van der Waals surface area contributed by atoms with E-state index in [-0.39, 0.29) is 5.91 Å². The largest absolute Gasteiger partial charge is 0.324 e. The lowest BCUT2D eigenvalue weighted by molar-refractivity contribution is -0.127. The number of carbonyl (C=O) groups is 1. The lowest BCUT2D eigenvalue weighted by Crippen LogP contribution is -2.32. The number of benzene rings is 1. The van der Waals surface area contributed by atoms with Crippen molar-refractivity contribution in [2.24, 2.45) is 5.90 Å². The molecular formula is C12H18N2O2. The molecule has 0 fully saturated rings. The fourth-order valence-electron chi connectivity index (χ4n) is 1.51. The van der Waals surface area contributed by atoms with Crippen LogP contribution in [0, 0.1) is 13.8 Å². The lowest BCUT2D eigenvalue weighted by Gasteiger charge is -2.14. The van der Waals surface area contributed by atoms with Gasteiger partial charge in [0.15, 0.2) is 6.10 Å². The van der Waals surface area contributed by atoms with Crippen molar-refractivity contribution >= 4 is 11.6 Å². The number of rotatable bonds is 4. The Morgan fingerprint density at radius 3 is 2.69 bits per heavy atom. The summed E-state index contributed by atoms with van der Waals surface area (Å²) in [6.45, 7) is 5.81. The molecule has 0 aromatic heterocycles. The summed E-state index contributed by atoms with van der Waals surface area (Å²) in [5, 5.41) is 2.80. The van der Waals surface area contributed by atoms with E-state index < -0.39 is 6.10 Å². The number of hydrogen-bond acceptors (Lipinski definition) is 3. The van der Waals surface area contributed by atoms with Gasteiger partial charge in [-0.15, -0.1) is 0 Å². The second kappa shape index (κ2) is 5.63. The van der Waals surface area contributed by atoms with Crippen LogP contribution in [-0.4, -0.2) is 12.0 Å². The Morgan fingerprint density at radius 2 is 2.19 bits per heavy atom. The summed E-state index contributed by atoms with van der Waals surface area (Å²) in [6.07, 6.45) is -0.0477. The number of hydrogen-bond donors (Lipinski definition) is 2. The van der Waals surface area contributed by atoms with E-state index >= 15 is 0 Å². The molecule has 4 heteroatoms. The molecule has 0 radical (unpaired) electrons. The molecule has 0 saturated carbocycles. The monoisotopic (exact) mass is 222 g/mol. The summed E-state index contributed by atoms with van der Waals surface area (Å²) >= 11 is 0. The van der Waals surface area contributed by atoms with Crippen LogP contribution in [0.3, 0.4) is 0 Å². The molecule has 0 saturated heterocycles. The van der Waals surface area contributed by atoms with Gasteiger partial charge in [0.1, 0.15) is 0 Å². The van der Waals surface area contributed by atoms with Crippen LogP contribution in [0.15, 0.2) is 18.2 Å². The molecule has 1 amide bonds. The summed E-state index contributed by atoms with van der Waals surface area (Å²) in [5.41, 5.74) is 2.99. The molecule has 88 valence electrons. The summed E-state index contributed by atoms with van der Waals surface area (Å²) in [4.78, 5) is 16.3. The third-order valence-electron chi connectivity index (χ3n) is 2.47. The summed E-state index contributed by atoms with van der Waals surface area (Å²) in [6, 6.07) is 5.85. The Hall–Kier alpha value is -1.39. The van der Waals surface area contributed by atoms with Gasteiger partial charge in [-0.2, -0.15) is 0 Å². The van der Waals surface area contributed by atoms with Gasteiger partial charge in [0, 0.05) is 5.69 Å². The highest BCUT2D eigenvalue weighted by atomic mass is 16.6. The fraction of sp³-hybridized carbons (Fsp3) is 0.417. The zero-order chi connectivity index (χ0) is 12.1. The van der Waals surface area contributed by atoms with E-state index in [2.05, 4.69) is 10.2 Å². The van der Waals surface area contributed by atoms with Crippen molar-refractivity contribution in [3.05, 3.63) is 29.3 Å². The van der Waals surface area contributed by atoms with E-state index in [0.29, 0.717) is 6.42 Å². The van der Waals surface area contributed by atoms with Crippen LogP contribution in [0.2, 0.25) is 0 Å². The Kier molecular flexibility index (Phi) is 4.46. The molecule has 4 nitrogen and oxygen atoms in total. The van der Waals surface area contributed by atoms with Crippen LogP contribution in [-0.2, 0) is 9.63 Å². The van der Waals surface area contributed by atoms with Crippen molar-refractivity contribution in [2.45, 2.75) is 33.3 Å². The zero-order valence-electron chi connectivity index (χ0n) is 9.91. The smallest absolute Gasteiger partial charge is 0.255 e. The van der Waals surface area contributed by atoms with Crippen LogP contribution in [0.1, 0.15) is 24.5 Å². The second-order valence-electron chi connectivity index (χ2n) is 3.84. The number of amides is 1. The van der Waals surface area contributed by atoms with Gasteiger partial charge in [0.2, 0.25) is 0 Å². The SMILES string of the molecule is CCC(ON)C(=O)Nc1ccc(C)cc1C. The molecule has 1 aromatic carbocycles. The number of aryl methyl sites for hydroxylation is 2. The van der Waals surface area contributed by atoms with E-state index in [1.807, 2.05) is 39.0 Å². The molecule has 0 bridgehead atoms. The molecule has 1 rings (SSSR count). The topological polar surface area (TPSA) is 64.3 Å². The first-order chi connectivity index (χ1) is 7.58. The Bertz CT molecular complexity index is 373. The van der Waals surface area contributed by atoms with Crippen molar-refractivity contribution in [1.82, 2.24) is 0 Å². The first kappa shape index (κ1) is 12.7. The van der Waals surface area contributed by atoms with Crippen LogP contribution < -0.4 is 11.2 Å². The molecule has 1 aromatic rings. The Labute approximate surface area is 95.7 Å². The van der Waals surface area contributed by atoms with Gasteiger partial charge in [-0.3, -0.25) is 9.63 Å². The van der Waals surface area contributed by atoms with Crippen LogP contribution in [0.25, 0.3) is 0 Å².